The Kier molecular flexibility index (Phi) is 5.53. The molecular formula is C11H16F3N5O. The average Bonchev–Trinajstić information content (AvgIpc) is 2.33. The number of aromatic nitrogens is 2. The lowest BCUT2D eigenvalue weighted by Gasteiger charge is -2.12. The molecule has 112 valence electrons. The van der Waals surface area contributed by atoms with E-state index in [1.807, 2.05) is 0 Å². The highest BCUT2D eigenvalue weighted by Crippen LogP contribution is 2.29. The average molecular weight is 291 g/mol. The van der Waals surface area contributed by atoms with E-state index in [-0.39, 0.29) is 18.2 Å². The quantitative estimate of drug-likeness (QED) is 0.664. The first-order chi connectivity index (χ1) is 9.32. The van der Waals surface area contributed by atoms with Crippen molar-refractivity contribution in [1.29, 1.82) is 0 Å². The number of halogens is 3. The fraction of sp³-hybridized carbons (Fsp3) is 0.545. The van der Waals surface area contributed by atoms with E-state index < -0.39 is 17.8 Å². The first kappa shape index (κ1) is 16.0. The van der Waals surface area contributed by atoms with E-state index in [2.05, 4.69) is 20.6 Å². The molecule has 1 heterocycles. The van der Waals surface area contributed by atoms with Crippen molar-refractivity contribution in [2.24, 2.45) is 5.73 Å². The zero-order chi connectivity index (χ0) is 15.2. The van der Waals surface area contributed by atoms with Crippen molar-refractivity contribution in [3.05, 3.63) is 11.8 Å². The summed E-state index contributed by atoms with van der Waals surface area (Å²) in [5, 5.41) is 5.35. The van der Waals surface area contributed by atoms with E-state index in [0.29, 0.717) is 19.5 Å². The summed E-state index contributed by atoms with van der Waals surface area (Å²) in [5.74, 6) is -0.508. The molecular weight excluding hydrogens is 275 g/mol. The Morgan fingerprint density at radius 1 is 1.35 bits per heavy atom. The SMILES string of the molecule is CCNc1nc(NCCCC(N)=O)cc(C(F)(F)F)n1. The molecule has 9 heteroatoms. The van der Waals surface area contributed by atoms with Crippen molar-refractivity contribution in [2.75, 3.05) is 23.7 Å². The van der Waals surface area contributed by atoms with Gasteiger partial charge >= 0.3 is 6.18 Å². The maximum Gasteiger partial charge on any atom is 0.433 e. The van der Waals surface area contributed by atoms with E-state index in [1.165, 1.54) is 0 Å². The Morgan fingerprint density at radius 2 is 2.05 bits per heavy atom. The number of carbonyl (C=O) groups is 1. The van der Waals surface area contributed by atoms with Gasteiger partial charge in [-0.3, -0.25) is 4.79 Å². The van der Waals surface area contributed by atoms with Crippen LogP contribution < -0.4 is 16.4 Å². The molecule has 1 aromatic rings. The number of nitrogens with one attached hydrogen (secondary N) is 2. The Labute approximate surface area is 114 Å². The van der Waals surface area contributed by atoms with Crippen molar-refractivity contribution in [2.45, 2.75) is 25.9 Å². The Balaban J connectivity index is 2.78. The minimum atomic E-state index is -4.54. The lowest BCUT2D eigenvalue weighted by Crippen LogP contribution is -2.15. The molecule has 1 aromatic heterocycles. The van der Waals surface area contributed by atoms with E-state index in [4.69, 9.17) is 5.73 Å². The third-order valence-corrected chi connectivity index (χ3v) is 2.26. The number of nitrogens with zero attached hydrogens (tertiary/aromatic N) is 2. The van der Waals surface area contributed by atoms with Gasteiger partial charge in [0.25, 0.3) is 0 Å². The summed E-state index contributed by atoms with van der Waals surface area (Å²) in [6, 6.07) is 0.825. The van der Waals surface area contributed by atoms with Crippen LogP contribution in [-0.2, 0) is 11.0 Å². The standard InChI is InChI=1S/C11H16F3N5O/c1-2-16-10-18-7(11(12,13)14)6-9(19-10)17-5-3-4-8(15)20/h6H,2-5H2,1H3,(H2,15,20)(H2,16,17,18,19). The molecule has 20 heavy (non-hydrogen) atoms. The van der Waals surface area contributed by atoms with Crippen LogP contribution >= 0.6 is 0 Å². The van der Waals surface area contributed by atoms with Crippen molar-refractivity contribution in [1.82, 2.24) is 9.97 Å². The van der Waals surface area contributed by atoms with E-state index >= 15 is 0 Å². The zero-order valence-corrected chi connectivity index (χ0v) is 10.9. The maximum absolute atomic E-state index is 12.7. The minimum Gasteiger partial charge on any atom is -0.370 e. The lowest BCUT2D eigenvalue weighted by molar-refractivity contribution is -0.141. The summed E-state index contributed by atoms with van der Waals surface area (Å²) in [4.78, 5) is 17.8. The van der Waals surface area contributed by atoms with Gasteiger partial charge in [0.05, 0.1) is 0 Å². The summed E-state index contributed by atoms with van der Waals surface area (Å²) in [5.41, 5.74) is 3.94. The maximum atomic E-state index is 12.7. The molecule has 0 spiro atoms. The van der Waals surface area contributed by atoms with Crippen LogP contribution in [0.2, 0.25) is 0 Å². The third-order valence-electron chi connectivity index (χ3n) is 2.26. The number of anilines is 2. The number of carbonyl (C=O) groups excluding carboxylic acids is 1. The fourth-order valence-electron chi connectivity index (χ4n) is 1.40. The molecule has 6 nitrogen and oxygen atoms in total. The Hall–Kier alpha value is -2.06. The van der Waals surface area contributed by atoms with Crippen molar-refractivity contribution < 1.29 is 18.0 Å². The van der Waals surface area contributed by atoms with Crippen LogP contribution in [0.5, 0.6) is 0 Å². The molecule has 1 rings (SSSR count). The highest BCUT2D eigenvalue weighted by Gasteiger charge is 2.33. The van der Waals surface area contributed by atoms with Crippen molar-refractivity contribution in [3.8, 4) is 0 Å². The molecule has 0 fully saturated rings. The van der Waals surface area contributed by atoms with Gasteiger partial charge in [0.2, 0.25) is 11.9 Å². The normalized spacial score (nSPS) is 11.2. The number of hydrogen-bond acceptors (Lipinski definition) is 5. The smallest absolute Gasteiger partial charge is 0.370 e. The number of primary amides is 1. The summed E-state index contributed by atoms with van der Waals surface area (Å²) < 4.78 is 38.0. The van der Waals surface area contributed by atoms with Crippen LogP contribution in [0.3, 0.4) is 0 Å². The lowest BCUT2D eigenvalue weighted by atomic mass is 10.3. The molecule has 0 saturated carbocycles. The highest BCUT2D eigenvalue weighted by molar-refractivity contribution is 5.73. The largest absolute Gasteiger partial charge is 0.433 e. The van der Waals surface area contributed by atoms with Gasteiger partial charge < -0.3 is 16.4 Å². The zero-order valence-electron chi connectivity index (χ0n) is 10.9. The van der Waals surface area contributed by atoms with Crippen molar-refractivity contribution >= 4 is 17.7 Å². The fourth-order valence-corrected chi connectivity index (χ4v) is 1.40. The predicted octanol–water partition coefficient (Wildman–Crippen LogP) is 1.60. The molecule has 4 N–H and O–H groups in total. The number of alkyl halides is 3. The molecule has 1 amide bonds. The van der Waals surface area contributed by atoms with E-state index in [0.717, 1.165) is 6.07 Å². The summed E-state index contributed by atoms with van der Waals surface area (Å²) >= 11 is 0. The van der Waals surface area contributed by atoms with Gasteiger partial charge in [-0.25, -0.2) is 4.98 Å². The molecule has 0 unspecified atom stereocenters. The molecule has 0 aliphatic heterocycles. The van der Waals surface area contributed by atoms with Crippen LogP contribution in [0.1, 0.15) is 25.5 Å². The van der Waals surface area contributed by atoms with Crippen LogP contribution in [0, 0.1) is 0 Å². The summed E-state index contributed by atoms with van der Waals surface area (Å²) in [6.07, 6.45) is -3.97. The monoisotopic (exact) mass is 291 g/mol. The van der Waals surface area contributed by atoms with Gasteiger partial charge in [-0.05, 0) is 13.3 Å². The Bertz CT molecular complexity index is 464. The third kappa shape index (κ3) is 5.29. The highest BCUT2D eigenvalue weighted by atomic mass is 19.4. The summed E-state index contributed by atoms with van der Waals surface area (Å²) in [6.45, 7) is 2.43. The Morgan fingerprint density at radius 3 is 2.60 bits per heavy atom. The second kappa shape index (κ2) is 6.92. The van der Waals surface area contributed by atoms with E-state index in [1.54, 1.807) is 6.92 Å². The van der Waals surface area contributed by atoms with Crippen LogP contribution in [0.25, 0.3) is 0 Å². The van der Waals surface area contributed by atoms with Gasteiger partial charge in [-0.2, -0.15) is 18.2 Å². The number of amides is 1. The first-order valence-electron chi connectivity index (χ1n) is 6.05. The predicted molar refractivity (Wildman–Crippen MR) is 68.1 cm³/mol. The summed E-state index contributed by atoms with van der Waals surface area (Å²) in [7, 11) is 0. The number of hydrogen-bond donors (Lipinski definition) is 3. The van der Waals surface area contributed by atoms with Crippen LogP contribution in [0.15, 0.2) is 6.07 Å². The van der Waals surface area contributed by atoms with Crippen molar-refractivity contribution in [3.63, 3.8) is 0 Å². The second-order valence-corrected chi connectivity index (χ2v) is 3.99. The first-order valence-corrected chi connectivity index (χ1v) is 6.05. The van der Waals surface area contributed by atoms with E-state index in [9.17, 15) is 18.0 Å². The topological polar surface area (TPSA) is 92.9 Å². The van der Waals surface area contributed by atoms with Gasteiger partial charge in [0, 0.05) is 25.6 Å². The second-order valence-electron chi connectivity index (χ2n) is 3.99. The molecule has 0 bridgehead atoms. The molecule has 0 radical (unpaired) electrons. The van der Waals surface area contributed by atoms with Crippen LogP contribution in [-0.4, -0.2) is 29.0 Å². The van der Waals surface area contributed by atoms with Gasteiger partial charge in [-0.1, -0.05) is 0 Å². The van der Waals surface area contributed by atoms with Gasteiger partial charge in [0.15, 0.2) is 5.69 Å². The van der Waals surface area contributed by atoms with Gasteiger partial charge in [0.1, 0.15) is 5.82 Å². The molecule has 0 aromatic carbocycles. The molecule has 0 atom stereocenters. The molecule has 0 aliphatic rings. The molecule has 0 aliphatic carbocycles. The van der Waals surface area contributed by atoms with Crippen LogP contribution in [0.4, 0.5) is 24.9 Å². The molecule has 0 saturated heterocycles. The minimum absolute atomic E-state index is 0.0488. The van der Waals surface area contributed by atoms with Gasteiger partial charge in [-0.15, -0.1) is 0 Å². The number of rotatable bonds is 7. The number of nitrogens with two attached hydrogens (primary N) is 1.